The first kappa shape index (κ1) is 22.5. The average Bonchev–Trinajstić information content (AvgIpc) is 3.23. The van der Waals surface area contributed by atoms with Gasteiger partial charge in [-0.15, -0.1) is 0 Å². The van der Waals surface area contributed by atoms with Crippen molar-refractivity contribution in [2.75, 3.05) is 27.7 Å². The average molecular weight is 467 g/mol. The Kier molecular flexibility index (Phi) is 6.20. The molecule has 4 amide bonds. The summed E-state index contributed by atoms with van der Waals surface area (Å²) in [5.41, 5.74) is 2.93. The second kappa shape index (κ2) is 9.07. The number of carbonyl (C=O) groups excluding carboxylic acids is 3. The zero-order valence-corrected chi connectivity index (χ0v) is 19.2. The predicted molar refractivity (Wildman–Crippen MR) is 126 cm³/mol. The Hall–Kier alpha value is -3.65. The second-order valence-corrected chi connectivity index (χ2v) is 8.20. The number of nitrogens with one attached hydrogen (secondary N) is 1. The van der Waals surface area contributed by atoms with E-state index in [0.29, 0.717) is 29.3 Å². The number of urea groups is 1. The molecule has 1 aliphatic rings. The summed E-state index contributed by atoms with van der Waals surface area (Å²) in [5, 5.41) is 1.55. The predicted octanol–water partition coefficient (Wildman–Crippen LogP) is 3.53. The fourth-order valence-corrected chi connectivity index (χ4v) is 4.02. The molecule has 0 spiro atoms. The van der Waals surface area contributed by atoms with Gasteiger partial charge in [-0.2, -0.15) is 0 Å². The highest BCUT2D eigenvalue weighted by atomic mass is 35.5. The number of nitrogens with zero attached hydrogens (tertiary/aromatic N) is 3. The maximum absolute atomic E-state index is 12.9. The fraction of sp³-hybridized carbons (Fsp3) is 0.250. The number of fused-ring (bicyclic) bond motifs is 1. The van der Waals surface area contributed by atoms with Crippen LogP contribution in [-0.2, 0) is 16.0 Å². The molecule has 9 heteroatoms. The fourth-order valence-electron chi connectivity index (χ4n) is 3.90. The number of methoxy groups -OCH3 is 1. The number of imide groups is 2. The molecule has 0 saturated carbocycles. The van der Waals surface area contributed by atoms with Gasteiger partial charge in [0.15, 0.2) is 5.92 Å². The first-order chi connectivity index (χ1) is 15.8. The summed E-state index contributed by atoms with van der Waals surface area (Å²) < 4.78 is 5.32. The third kappa shape index (κ3) is 4.21. The monoisotopic (exact) mass is 466 g/mol. The van der Waals surface area contributed by atoms with E-state index < -0.39 is 23.8 Å². The van der Waals surface area contributed by atoms with Crippen molar-refractivity contribution < 1.29 is 19.1 Å². The number of benzene rings is 2. The lowest BCUT2D eigenvalue weighted by molar-refractivity contribution is -0.144. The Balaban J connectivity index is 1.68. The summed E-state index contributed by atoms with van der Waals surface area (Å²) >= 11 is 6.03. The summed E-state index contributed by atoms with van der Waals surface area (Å²) in [7, 11) is 4.34. The molecule has 170 valence electrons. The van der Waals surface area contributed by atoms with Gasteiger partial charge >= 0.3 is 6.03 Å². The Labute approximate surface area is 195 Å². The molecule has 0 unspecified atom stereocenters. The molecule has 2 aromatic carbocycles. The zero-order chi connectivity index (χ0) is 23.7. The minimum Gasteiger partial charge on any atom is -0.497 e. The zero-order valence-electron chi connectivity index (χ0n) is 18.5. The van der Waals surface area contributed by atoms with Crippen molar-refractivity contribution in [1.82, 2.24) is 14.8 Å². The molecule has 0 aliphatic carbocycles. The second-order valence-electron chi connectivity index (χ2n) is 7.76. The van der Waals surface area contributed by atoms with E-state index in [0.717, 1.165) is 32.0 Å². The molecule has 0 radical (unpaired) electrons. The maximum atomic E-state index is 12.9. The maximum Gasteiger partial charge on any atom is 0.332 e. The van der Waals surface area contributed by atoms with E-state index in [9.17, 15) is 14.4 Å². The van der Waals surface area contributed by atoms with Crippen LogP contribution in [0, 0.1) is 5.92 Å². The normalized spacial score (nSPS) is 15.6. The van der Waals surface area contributed by atoms with Crippen LogP contribution in [0.2, 0.25) is 5.02 Å². The van der Waals surface area contributed by atoms with Crippen LogP contribution >= 0.6 is 11.6 Å². The number of carbonyl (C=O) groups is 3. The summed E-state index contributed by atoms with van der Waals surface area (Å²) in [6.45, 7) is 0.334. The van der Waals surface area contributed by atoms with Crippen molar-refractivity contribution in [3.63, 3.8) is 0 Å². The van der Waals surface area contributed by atoms with Crippen molar-refractivity contribution in [3.05, 3.63) is 64.8 Å². The lowest BCUT2D eigenvalue weighted by Crippen LogP contribution is -2.59. The molecule has 1 fully saturated rings. The Morgan fingerprint density at radius 1 is 1.06 bits per heavy atom. The van der Waals surface area contributed by atoms with Crippen LogP contribution in [0.5, 0.6) is 5.75 Å². The van der Waals surface area contributed by atoms with Crippen LogP contribution in [0.4, 0.5) is 4.79 Å². The van der Waals surface area contributed by atoms with Crippen LogP contribution in [0.15, 0.2) is 53.7 Å². The van der Waals surface area contributed by atoms with Gasteiger partial charge in [0.1, 0.15) is 5.75 Å². The highest BCUT2D eigenvalue weighted by Gasteiger charge is 2.45. The highest BCUT2D eigenvalue weighted by Crippen LogP contribution is 2.25. The number of ether oxygens (including phenoxy) is 1. The van der Waals surface area contributed by atoms with Crippen molar-refractivity contribution in [3.8, 4) is 5.75 Å². The summed E-state index contributed by atoms with van der Waals surface area (Å²) in [6, 6.07) is 11.9. The first-order valence-corrected chi connectivity index (χ1v) is 10.7. The smallest absolute Gasteiger partial charge is 0.332 e. The van der Waals surface area contributed by atoms with E-state index in [1.807, 2.05) is 24.4 Å². The number of aromatic nitrogens is 1. The lowest BCUT2D eigenvalue weighted by atomic mass is 9.92. The van der Waals surface area contributed by atoms with Gasteiger partial charge in [-0.05, 0) is 47.9 Å². The number of rotatable bonds is 6. The summed E-state index contributed by atoms with van der Waals surface area (Å²) in [5.74, 6) is -1.66. The van der Waals surface area contributed by atoms with Crippen LogP contribution in [0.25, 0.3) is 10.9 Å². The van der Waals surface area contributed by atoms with Gasteiger partial charge in [-0.3, -0.25) is 24.4 Å². The number of aromatic amines is 1. The number of aliphatic imine (C=N–C) groups is 1. The number of hydrogen-bond acceptors (Lipinski definition) is 5. The van der Waals surface area contributed by atoms with Crippen molar-refractivity contribution >= 4 is 46.1 Å². The van der Waals surface area contributed by atoms with Crippen LogP contribution in [0.3, 0.4) is 0 Å². The molecule has 33 heavy (non-hydrogen) atoms. The number of halogens is 1. The van der Waals surface area contributed by atoms with E-state index in [1.165, 1.54) is 14.1 Å². The quantitative estimate of drug-likeness (QED) is 0.444. The van der Waals surface area contributed by atoms with Crippen LogP contribution in [-0.4, -0.2) is 66.1 Å². The largest absolute Gasteiger partial charge is 0.497 e. The third-order valence-corrected chi connectivity index (χ3v) is 6.03. The number of barbiturate groups is 1. The first-order valence-electron chi connectivity index (χ1n) is 10.3. The van der Waals surface area contributed by atoms with Crippen LogP contribution < -0.4 is 4.74 Å². The van der Waals surface area contributed by atoms with Gasteiger partial charge in [0.05, 0.1) is 12.8 Å². The summed E-state index contributed by atoms with van der Waals surface area (Å²) in [4.78, 5) is 47.9. The molecule has 0 atom stereocenters. The van der Waals surface area contributed by atoms with Crippen LogP contribution in [0.1, 0.15) is 11.1 Å². The minimum atomic E-state index is -1.21. The van der Waals surface area contributed by atoms with Gasteiger partial charge < -0.3 is 9.72 Å². The minimum absolute atomic E-state index is 0.310. The molecule has 1 aromatic heterocycles. The molecule has 8 nitrogen and oxygen atoms in total. The Morgan fingerprint density at radius 2 is 1.73 bits per heavy atom. The third-order valence-electron chi connectivity index (χ3n) is 5.78. The van der Waals surface area contributed by atoms with E-state index >= 15 is 0 Å². The topological polar surface area (TPSA) is 95.1 Å². The molecule has 2 heterocycles. The highest BCUT2D eigenvalue weighted by molar-refractivity contribution is 6.32. The van der Waals surface area contributed by atoms with Gasteiger partial charge in [0.2, 0.25) is 11.8 Å². The van der Waals surface area contributed by atoms with Crippen molar-refractivity contribution in [2.45, 2.75) is 6.42 Å². The molecular weight excluding hydrogens is 444 g/mol. The van der Waals surface area contributed by atoms with Gasteiger partial charge in [-0.1, -0.05) is 23.7 Å². The summed E-state index contributed by atoms with van der Waals surface area (Å²) in [6.07, 6.45) is 2.49. The molecule has 4 rings (SSSR count). The Bertz CT molecular complexity index is 1240. The molecule has 1 N–H and O–H groups in total. The molecule has 1 saturated heterocycles. The van der Waals surface area contributed by atoms with E-state index in [-0.39, 0.29) is 0 Å². The Morgan fingerprint density at radius 3 is 2.36 bits per heavy atom. The van der Waals surface area contributed by atoms with E-state index in [1.54, 1.807) is 31.4 Å². The molecule has 0 bridgehead atoms. The lowest BCUT2D eigenvalue weighted by Gasteiger charge is -2.33. The number of hydrogen-bond donors (Lipinski definition) is 1. The molecule has 1 aliphatic heterocycles. The van der Waals surface area contributed by atoms with E-state index in [2.05, 4.69) is 9.98 Å². The van der Waals surface area contributed by atoms with Gasteiger partial charge in [0, 0.05) is 42.8 Å². The van der Waals surface area contributed by atoms with Gasteiger partial charge in [-0.25, -0.2) is 4.79 Å². The standard InChI is InChI=1S/C24H23ClN4O4/c1-28-22(30)20(23(31)29(2)24(28)32)21(14-4-6-16(25)7-5-14)26-11-10-15-13-27-19-9-8-17(33-3)12-18(15)19/h4-9,12-13,20,27H,10-11H2,1-3H3. The number of amides is 4. The molecule has 3 aromatic rings. The van der Waals surface area contributed by atoms with E-state index in [4.69, 9.17) is 16.3 Å². The van der Waals surface area contributed by atoms with Crippen molar-refractivity contribution in [1.29, 1.82) is 0 Å². The molecular formula is C24H23ClN4O4. The SMILES string of the molecule is COc1ccc2[nH]cc(CCN=C(c3ccc(Cl)cc3)C3C(=O)N(C)C(=O)N(C)C3=O)c2c1. The van der Waals surface area contributed by atoms with Gasteiger partial charge in [0.25, 0.3) is 0 Å². The van der Waals surface area contributed by atoms with Crippen molar-refractivity contribution in [2.24, 2.45) is 10.9 Å². The number of H-pyrrole nitrogens is 1.